The van der Waals surface area contributed by atoms with Crippen LogP contribution in [0.2, 0.25) is 0 Å². The highest BCUT2D eigenvalue weighted by Crippen LogP contribution is 2.34. The van der Waals surface area contributed by atoms with Crippen LogP contribution in [0.25, 0.3) is 10.2 Å². The highest BCUT2D eigenvalue weighted by molar-refractivity contribution is 7.18. The van der Waals surface area contributed by atoms with Crippen LogP contribution in [0.15, 0.2) is 35.4 Å². The van der Waals surface area contributed by atoms with E-state index in [4.69, 9.17) is 4.74 Å². The highest BCUT2D eigenvalue weighted by Gasteiger charge is 2.27. The second kappa shape index (κ2) is 9.31. The summed E-state index contributed by atoms with van der Waals surface area (Å²) in [5, 5.41) is 0.859. The monoisotopic (exact) mass is 425 g/mol. The Labute approximate surface area is 182 Å². The minimum absolute atomic E-state index is 0.109. The number of fused-ring (bicyclic) bond motifs is 3. The van der Waals surface area contributed by atoms with Crippen LogP contribution in [0.1, 0.15) is 42.2 Å². The van der Waals surface area contributed by atoms with Crippen molar-refractivity contribution >= 4 is 21.6 Å². The molecule has 160 valence electrons. The Kier molecular flexibility index (Phi) is 6.54. The Morgan fingerprint density at radius 2 is 2.23 bits per heavy atom. The average Bonchev–Trinajstić information content (AvgIpc) is 3.15. The summed E-state index contributed by atoms with van der Waals surface area (Å²) >= 11 is 1.72. The van der Waals surface area contributed by atoms with Crippen LogP contribution >= 0.6 is 11.3 Å². The van der Waals surface area contributed by atoms with Gasteiger partial charge in [-0.1, -0.05) is 25.5 Å². The molecule has 1 aliphatic rings. The van der Waals surface area contributed by atoms with Crippen LogP contribution in [0.5, 0.6) is 5.75 Å². The lowest BCUT2D eigenvalue weighted by Crippen LogP contribution is -2.36. The van der Waals surface area contributed by atoms with Gasteiger partial charge in [-0.05, 0) is 69.0 Å². The molecule has 0 N–H and O–H groups in total. The van der Waals surface area contributed by atoms with Crippen molar-refractivity contribution in [3.63, 3.8) is 0 Å². The number of aromatic nitrogens is 2. The van der Waals surface area contributed by atoms with Crippen molar-refractivity contribution in [2.45, 2.75) is 58.0 Å². The van der Waals surface area contributed by atoms with Crippen molar-refractivity contribution < 1.29 is 4.74 Å². The normalized spacial score (nSPS) is 16.2. The Hall–Kier alpha value is -2.18. The number of aryl methyl sites for hydroxylation is 3. The molecule has 2 aromatic heterocycles. The summed E-state index contributed by atoms with van der Waals surface area (Å²) < 4.78 is 7.08. The van der Waals surface area contributed by atoms with Gasteiger partial charge in [0, 0.05) is 17.5 Å². The minimum atomic E-state index is 0.109. The molecule has 3 aromatic rings. The van der Waals surface area contributed by atoms with Gasteiger partial charge in [-0.15, -0.1) is 11.3 Å². The zero-order chi connectivity index (χ0) is 21.1. The first kappa shape index (κ1) is 21.1. The lowest BCUT2D eigenvalue weighted by molar-refractivity contribution is 0.220. The second-order valence-corrected chi connectivity index (χ2v) is 9.34. The molecule has 0 bridgehead atoms. The highest BCUT2D eigenvalue weighted by atomic mass is 32.1. The van der Waals surface area contributed by atoms with Gasteiger partial charge in [0.2, 0.25) is 0 Å². The molecule has 30 heavy (non-hydrogen) atoms. The SMILES string of the molecule is CCCCN(C)[C@H]1CCc2c(sc3ncn(CCc4cccc(OC)c4)c(=O)c23)C1. The molecule has 4 rings (SSSR count). The smallest absolute Gasteiger partial charge is 0.262 e. The molecule has 2 heterocycles. The van der Waals surface area contributed by atoms with E-state index in [1.54, 1.807) is 29.3 Å². The van der Waals surface area contributed by atoms with Crippen LogP contribution in [0, 0.1) is 0 Å². The molecule has 0 saturated heterocycles. The summed E-state index contributed by atoms with van der Waals surface area (Å²) in [7, 11) is 3.91. The fraction of sp³-hybridized carbons (Fsp3) is 0.500. The molecule has 0 unspecified atom stereocenters. The van der Waals surface area contributed by atoms with Gasteiger partial charge in [0.05, 0.1) is 18.8 Å². The van der Waals surface area contributed by atoms with Crippen molar-refractivity contribution in [2.75, 3.05) is 20.7 Å². The molecule has 1 atom stereocenters. The first-order valence-corrected chi connectivity index (χ1v) is 11.7. The molecule has 1 aliphatic carbocycles. The van der Waals surface area contributed by atoms with Gasteiger partial charge in [-0.2, -0.15) is 0 Å². The van der Waals surface area contributed by atoms with Gasteiger partial charge >= 0.3 is 0 Å². The number of hydrogen-bond donors (Lipinski definition) is 0. The van der Waals surface area contributed by atoms with Gasteiger partial charge in [-0.25, -0.2) is 4.98 Å². The number of thiophene rings is 1. The number of ether oxygens (including phenoxy) is 1. The molecule has 1 aromatic carbocycles. The zero-order valence-corrected chi connectivity index (χ0v) is 19.0. The van der Waals surface area contributed by atoms with E-state index >= 15 is 0 Å². The van der Waals surface area contributed by atoms with Crippen molar-refractivity contribution in [1.29, 1.82) is 0 Å². The lowest BCUT2D eigenvalue weighted by atomic mass is 9.92. The van der Waals surface area contributed by atoms with E-state index in [-0.39, 0.29) is 5.56 Å². The Bertz CT molecular complexity index is 1070. The van der Waals surface area contributed by atoms with Gasteiger partial charge in [-0.3, -0.25) is 9.36 Å². The van der Waals surface area contributed by atoms with Crippen LogP contribution in [-0.2, 0) is 25.8 Å². The number of likely N-dealkylation sites (N-methyl/N-ethyl adjacent to an activating group) is 1. The molecule has 0 fully saturated rings. The van der Waals surface area contributed by atoms with Crippen LogP contribution < -0.4 is 10.3 Å². The van der Waals surface area contributed by atoms with E-state index < -0.39 is 0 Å². The standard InChI is InChI=1S/C24H31N3O2S/c1-4-5-12-26(2)18-9-10-20-21(15-18)30-23-22(20)24(28)27(16-25-23)13-11-17-7-6-8-19(14-17)29-3/h6-8,14,16,18H,4-5,9-13,15H2,1-3H3/t18-/m0/s1. The molecule has 0 saturated carbocycles. The molecular weight excluding hydrogens is 394 g/mol. The zero-order valence-electron chi connectivity index (χ0n) is 18.2. The molecular formula is C24H31N3O2S. The lowest BCUT2D eigenvalue weighted by Gasteiger charge is -2.31. The molecule has 5 nitrogen and oxygen atoms in total. The third-order valence-electron chi connectivity index (χ3n) is 6.27. The topological polar surface area (TPSA) is 47.4 Å². The maximum absolute atomic E-state index is 13.3. The van der Waals surface area contributed by atoms with E-state index in [9.17, 15) is 4.79 Å². The summed E-state index contributed by atoms with van der Waals surface area (Å²) in [5.41, 5.74) is 2.52. The van der Waals surface area contributed by atoms with E-state index in [1.165, 1.54) is 23.3 Å². The summed E-state index contributed by atoms with van der Waals surface area (Å²) in [4.78, 5) is 22.7. The first-order chi connectivity index (χ1) is 14.6. The molecule has 0 aliphatic heterocycles. The predicted octanol–water partition coefficient (Wildman–Crippen LogP) is 4.30. The van der Waals surface area contributed by atoms with Crippen molar-refractivity contribution in [2.24, 2.45) is 0 Å². The van der Waals surface area contributed by atoms with Crippen molar-refractivity contribution in [3.05, 3.63) is 57.0 Å². The summed E-state index contributed by atoms with van der Waals surface area (Å²) in [5.74, 6) is 0.846. The van der Waals surface area contributed by atoms with Gasteiger partial charge in [0.25, 0.3) is 5.56 Å². The summed E-state index contributed by atoms with van der Waals surface area (Å²) in [6, 6.07) is 8.60. The fourth-order valence-electron chi connectivity index (χ4n) is 4.39. The summed E-state index contributed by atoms with van der Waals surface area (Å²) in [6.45, 7) is 4.02. The molecule has 6 heteroatoms. The van der Waals surface area contributed by atoms with Gasteiger partial charge in [0.1, 0.15) is 10.6 Å². The second-order valence-electron chi connectivity index (χ2n) is 8.26. The van der Waals surface area contributed by atoms with Gasteiger partial charge in [0.15, 0.2) is 0 Å². The molecule has 0 spiro atoms. The van der Waals surface area contributed by atoms with Crippen molar-refractivity contribution in [1.82, 2.24) is 14.5 Å². The first-order valence-electron chi connectivity index (χ1n) is 10.9. The largest absolute Gasteiger partial charge is 0.497 e. The molecule has 0 amide bonds. The Morgan fingerprint density at radius 3 is 3.03 bits per heavy atom. The maximum Gasteiger partial charge on any atom is 0.262 e. The average molecular weight is 426 g/mol. The third kappa shape index (κ3) is 4.30. The Balaban J connectivity index is 1.54. The van der Waals surface area contributed by atoms with Crippen LogP contribution in [0.4, 0.5) is 0 Å². The molecule has 0 radical (unpaired) electrons. The van der Waals surface area contributed by atoms with Crippen molar-refractivity contribution in [3.8, 4) is 5.75 Å². The minimum Gasteiger partial charge on any atom is -0.497 e. The fourth-order valence-corrected chi connectivity index (χ4v) is 5.64. The predicted molar refractivity (Wildman–Crippen MR) is 124 cm³/mol. The third-order valence-corrected chi connectivity index (χ3v) is 7.44. The van der Waals surface area contributed by atoms with E-state index in [0.717, 1.165) is 53.8 Å². The number of rotatable bonds is 8. The van der Waals surface area contributed by atoms with E-state index in [0.29, 0.717) is 12.6 Å². The van der Waals surface area contributed by atoms with E-state index in [1.807, 2.05) is 18.2 Å². The quantitative estimate of drug-likeness (QED) is 0.540. The van der Waals surface area contributed by atoms with E-state index in [2.05, 4.69) is 29.9 Å². The Morgan fingerprint density at radius 1 is 1.37 bits per heavy atom. The maximum atomic E-state index is 13.3. The van der Waals surface area contributed by atoms with Crippen LogP contribution in [0.3, 0.4) is 0 Å². The number of unbranched alkanes of at least 4 members (excludes halogenated alkanes) is 1. The number of nitrogens with zero attached hydrogens (tertiary/aromatic N) is 3. The number of methoxy groups -OCH3 is 1. The van der Waals surface area contributed by atoms with Crippen LogP contribution in [-0.4, -0.2) is 41.2 Å². The number of benzene rings is 1. The summed E-state index contributed by atoms with van der Waals surface area (Å²) in [6.07, 6.45) is 8.11. The number of hydrogen-bond acceptors (Lipinski definition) is 5. The van der Waals surface area contributed by atoms with Gasteiger partial charge < -0.3 is 9.64 Å².